The van der Waals surface area contributed by atoms with Crippen LogP contribution < -0.4 is 14.8 Å². The van der Waals surface area contributed by atoms with Crippen molar-refractivity contribution in [2.45, 2.75) is 38.3 Å². The van der Waals surface area contributed by atoms with Crippen LogP contribution in [0.3, 0.4) is 0 Å². The highest BCUT2D eigenvalue weighted by Crippen LogP contribution is 2.28. The van der Waals surface area contributed by atoms with E-state index in [1.165, 1.54) is 24.0 Å². The minimum absolute atomic E-state index is 0.121. The molecule has 1 aliphatic rings. The molecule has 1 N–H and O–H groups in total. The molecule has 0 aliphatic carbocycles. The molecule has 5 nitrogen and oxygen atoms in total. The first kappa shape index (κ1) is 23.8. The first-order valence-electron chi connectivity index (χ1n) is 12.1. The van der Waals surface area contributed by atoms with E-state index in [0.29, 0.717) is 18.0 Å². The Bertz CT molecular complexity index is 1030. The molecule has 1 heterocycles. The van der Waals surface area contributed by atoms with Crippen molar-refractivity contribution < 1.29 is 14.3 Å². The van der Waals surface area contributed by atoms with Gasteiger partial charge in [0.15, 0.2) is 0 Å². The molecule has 0 radical (unpaired) electrons. The maximum absolute atomic E-state index is 12.3. The molecule has 1 aliphatic heterocycles. The van der Waals surface area contributed by atoms with Crippen LogP contribution in [-0.4, -0.2) is 43.7 Å². The van der Waals surface area contributed by atoms with Crippen LogP contribution in [0.1, 0.15) is 47.2 Å². The lowest BCUT2D eigenvalue weighted by atomic mass is 9.89. The normalized spacial score (nSPS) is 15.5. The molecule has 1 amide bonds. The SMILES string of the molecule is COc1ccc(C(=O)NCC(C)Oc2ccc(CN3CCC(c4ccccc4)CC3)cc2)cc1. The Morgan fingerprint density at radius 3 is 2.24 bits per heavy atom. The smallest absolute Gasteiger partial charge is 0.251 e. The van der Waals surface area contributed by atoms with E-state index in [4.69, 9.17) is 9.47 Å². The molecule has 0 aromatic heterocycles. The molecule has 1 fully saturated rings. The van der Waals surface area contributed by atoms with E-state index in [1.54, 1.807) is 31.4 Å². The van der Waals surface area contributed by atoms with Crippen LogP contribution in [0.2, 0.25) is 0 Å². The van der Waals surface area contributed by atoms with E-state index in [-0.39, 0.29) is 12.0 Å². The number of hydrogen-bond acceptors (Lipinski definition) is 4. The quantitative estimate of drug-likeness (QED) is 0.474. The minimum atomic E-state index is -0.134. The second-order valence-electron chi connectivity index (χ2n) is 8.97. The van der Waals surface area contributed by atoms with Crippen molar-refractivity contribution in [2.75, 3.05) is 26.7 Å². The zero-order valence-corrected chi connectivity index (χ0v) is 20.1. The van der Waals surface area contributed by atoms with E-state index in [1.807, 2.05) is 19.1 Å². The van der Waals surface area contributed by atoms with E-state index in [0.717, 1.165) is 31.1 Å². The number of nitrogens with one attached hydrogen (secondary N) is 1. The van der Waals surface area contributed by atoms with Gasteiger partial charge in [-0.1, -0.05) is 42.5 Å². The summed E-state index contributed by atoms with van der Waals surface area (Å²) in [4.78, 5) is 14.9. The van der Waals surface area contributed by atoms with Gasteiger partial charge in [0.25, 0.3) is 5.91 Å². The fraction of sp³-hybridized carbons (Fsp3) is 0.345. The molecule has 5 heteroatoms. The molecule has 0 saturated carbocycles. The summed E-state index contributed by atoms with van der Waals surface area (Å²) >= 11 is 0. The molecular weight excluding hydrogens is 424 g/mol. The summed E-state index contributed by atoms with van der Waals surface area (Å²) < 4.78 is 11.1. The van der Waals surface area contributed by atoms with Crippen molar-refractivity contribution in [2.24, 2.45) is 0 Å². The topological polar surface area (TPSA) is 50.8 Å². The first-order chi connectivity index (χ1) is 16.6. The first-order valence-corrected chi connectivity index (χ1v) is 12.1. The lowest BCUT2D eigenvalue weighted by Crippen LogP contribution is -2.33. The summed E-state index contributed by atoms with van der Waals surface area (Å²) in [6.07, 6.45) is 2.29. The average molecular weight is 459 g/mol. The van der Waals surface area contributed by atoms with E-state index >= 15 is 0 Å². The molecule has 178 valence electrons. The van der Waals surface area contributed by atoms with Crippen molar-refractivity contribution in [1.82, 2.24) is 10.2 Å². The molecule has 34 heavy (non-hydrogen) atoms. The lowest BCUT2D eigenvalue weighted by Gasteiger charge is -2.32. The summed E-state index contributed by atoms with van der Waals surface area (Å²) in [7, 11) is 1.61. The molecular formula is C29H34N2O3. The Morgan fingerprint density at radius 2 is 1.59 bits per heavy atom. The van der Waals surface area contributed by atoms with E-state index in [2.05, 4.69) is 52.7 Å². The Kier molecular flexibility index (Phi) is 8.21. The van der Waals surface area contributed by atoms with Crippen molar-refractivity contribution in [3.8, 4) is 11.5 Å². The van der Waals surface area contributed by atoms with Crippen LogP contribution in [0, 0.1) is 0 Å². The van der Waals surface area contributed by atoms with Gasteiger partial charge in [-0.05, 0) is 86.3 Å². The molecule has 3 aromatic carbocycles. The number of carbonyl (C=O) groups excluding carboxylic acids is 1. The number of rotatable bonds is 9. The number of amides is 1. The number of nitrogens with zero attached hydrogens (tertiary/aromatic N) is 1. The zero-order chi connectivity index (χ0) is 23.8. The van der Waals surface area contributed by atoms with E-state index in [9.17, 15) is 4.79 Å². The third kappa shape index (κ3) is 6.61. The number of hydrogen-bond donors (Lipinski definition) is 1. The highest BCUT2D eigenvalue weighted by atomic mass is 16.5. The molecule has 0 bridgehead atoms. The van der Waals surface area contributed by atoms with Gasteiger partial charge in [0, 0.05) is 12.1 Å². The Hall–Kier alpha value is -3.31. The third-order valence-electron chi connectivity index (χ3n) is 6.43. The van der Waals surface area contributed by atoms with Gasteiger partial charge in [-0.15, -0.1) is 0 Å². The number of likely N-dealkylation sites (tertiary alicyclic amines) is 1. The maximum atomic E-state index is 12.3. The molecule has 0 spiro atoms. The molecule has 1 saturated heterocycles. The summed E-state index contributed by atoms with van der Waals surface area (Å²) in [6, 6.07) is 26.3. The van der Waals surface area contributed by atoms with Crippen LogP contribution in [0.25, 0.3) is 0 Å². The number of piperidine rings is 1. The lowest BCUT2D eigenvalue weighted by molar-refractivity contribution is 0.0932. The van der Waals surface area contributed by atoms with Gasteiger partial charge in [-0.3, -0.25) is 9.69 Å². The van der Waals surface area contributed by atoms with Gasteiger partial charge >= 0.3 is 0 Å². The van der Waals surface area contributed by atoms with Gasteiger partial charge in [-0.25, -0.2) is 0 Å². The van der Waals surface area contributed by atoms with Gasteiger partial charge in [-0.2, -0.15) is 0 Å². The largest absolute Gasteiger partial charge is 0.497 e. The fourth-order valence-corrected chi connectivity index (χ4v) is 4.44. The third-order valence-corrected chi connectivity index (χ3v) is 6.43. The van der Waals surface area contributed by atoms with Gasteiger partial charge in [0.1, 0.15) is 17.6 Å². The summed E-state index contributed by atoms with van der Waals surface area (Å²) in [5.74, 6) is 2.11. The fourth-order valence-electron chi connectivity index (χ4n) is 4.44. The Labute approximate surface area is 202 Å². The average Bonchev–Trinajstić information content (AvgIpc) is 2.89. The van der Waals surface area contributed by atoms with Crippen molar-refractivity contribution in [1.29, 1.82) is 0 Å². The van der Waals surface area contributed by atoms with Gasteiger partial charge in [0.2, 0.25) is 0 Å². The Morgan fingerprint density at radius 1 is 0.941 bits per heavy atom. The highest BCUT2D eigenvalue weighted by molar-refractivity contribution is 5.94. The second kappa shape index (κ2) is 11.7. The minimum Gasteiger partial charge on any atom is -0.497 e. The number of carbonyl (C=O) groups is 1. The second-order valence-corrected chi connectivity index (χ2v) is 8.97. The van der Waals surface area contributed by atoms with Crippen molar-refractivity contribution >= 4 is 5.91 Å². The van der Waals surface area contributed by atoms with Crippen molar-refractivity contribution in [3.05, 3.63) is 95.6 Å². The molecule has 3 aromatic rings. The molecule has 1 unspecified atom stereocenters. The molecule has 4 rings (SSSR count). The maximum Gasteiger partial charge on any atom is 0.251 e. The number of ether oxygens (including phenoxy) is 2. The van der Waals surface area contributed by atoms with Gasteiger partial charge < -0.3 is 14.8 Å². The Balaban J connectivity index is 1.19. The van der Waals surface area contributed by atoms with Crippen LogP contribution in [-0.2, 0) is 6.54 Å². The van der Waals surface area contributed by atoms with Crippen LogP contribution in [0.4, 0.5) is 0 Å². The highest BCUT2D eigenvalue weighted by Gasteiger charge is 2.20. The monoisotopic (exact) mass is 458 g/mol. The number of methoxy groups -OCH3 is 1. The van der Waals surface area contributed by atoms with Crippen LogP contribution in [0.15, 0.2) is 78.9 Å². The zero-order valence-electron chi connectivity index (χ0n) is 20.1. The number of benzene rings is 3. The van der Waals surface area contributed by atoms with E-state index < -0.39 is 0 Å². The summed E-state index contributed by atoms with van der Waals surface area (Å²) in [5.41, 5.74) is 3.37. The molecule has 1 atom stereocenters. The van der Waals surface area contributed by atoms with Crippen LogP contribution in [0.5, 0.6) is 11.5 Å². The van der Waals surface area contributed by atoms with Gasteiger partial charge in [0.05, 0.1) is 13.7 Å². The summed E-state index contributed by atoms with van der Waals surface area (Å²) in [6.45, 7) is 5.61. The predicted octanol–water partition coefficient (Wildman–Crippen LogP) is 5.27. The van der Waals surface area contributed by atoms with Crippen LogP contribution >= 0.6 is 0 Å². The standard InChI is InChI=1S/C29H34N2O3/c1-22(20-30-29(32)26-10-14-27(33-2)15-11-26)34-28-12-8-23(9-13-28)21-31-18-16-25(17-19-31)24-6-4-3-5-7-24/h3-15,22,25H,16-21H2,1-2H3,(H,30,32). The summed E-state index contributed by atoms with van der Waals surface area (Å²) in [5, 5.41) is 2.93. The van der Waals surface area contributed by atoms with Crippen molar-refractivity contribution in [3.63, 3.8) is 0 Å². The predicted molar refractivity (Wildman–Crippen MR) is 136 cm³/mol.